The summed E-state index contributed by atoms with van der Waals surface area (Å²) < 4.78 is 21.9. The standard InChI is InChI=1S/C17H18ClN3O5/c1-23-12-9-11(17-25-7-4-8-26-17)13(16(20-12)24-2)21-15(22)10-5-3-6-19-14(10)18/h3,5-6,9,17H,4,7-8H2,1-2H3,(H,21,22). The number of halogens is 1. The van der Waals surface area contributed by atoms with Crippen molar-refractivity contribution in [3.63, 3.8) is 0 Å². The number of hydrogen-bond donors (Lipinski definition) is 1. The van der Waals surface area contributed by atoms with Crippen molar-refractivity contribution in [2.75, 3.05) is 32.8 Å². The van der Waals surface area contributed by atoms with Gasteiger partial charge in [-0.05, 0) is 18.6 Å². The molecule has 1 amide bonds. The molecule has 0 spiro atoms. The fourth-order valence-corrected chi connectivity index (χ4v) is 2.69. The zero-order valence-corrected chi connectivity index (χ0v) is 15.1. The molecule has 0 aromatic carbocycles. The Morgan fingerprint density at radius 2 is 2.08 bits per heavy atom. The normalized spacial score (nSPS) is 14.7. The molecule has 0 aliphatic carbocycles. The van der Waals surface area contributed by atoms with Crippen molar-refractivity contribution in [3.05, 3.63) is 40.7 Å². The van der Waals surface area contributed by atoms with Crippen LogP contribution in [-0.2, 0) is 9.47 Å². The third-order valence-electron chi connectivity index (χ3n) is 3.72. The molecular formula is C17H18ClN3O5. The smallest absolute Gasteiger partial charge is 0.258 e. The Hall–Kier alpha value is -2.42. The number of nitrogens with zero attached hydrogens (tertiary/aromatic N) is 2. The molecule has 9 heteroatoms. The van der Waals surface area contributed by atoms with E-state index >= 15 is 0 Å². The van der Waals surface area contributed by atoms with Crippen LogP contribution in [0, 0.1) is 0 Å². The van der Waals surface area contributed by atoms with Crippen LogP contribution in [0.5, 0.6) is 11.8 Å². The number of carbonyl (C=O) groups excluding carboxylic acids is 1. The summed E-state index contributed by atoms with van der Waals surface area (Å²) in [6, 6.07) is 4.83. The molecule has 138 valence electrons. The summed E-state index contributed by atoms with van der Waals surface area (Å²) in [6.07, 6.45) is 1.63. The Morgan fingerprint density at radius 1 is 1.31 bits per heavy atom. The summed E-state index contributed by atoms with van der Waals surface area (Å²) in [5, 5.41) is 2.86. The van der Waals surface area contributed by atoms with Crippen LogP contribution in [-0.4, -0.2) is 43.3 Å². The zero-order valence-electron chi connectivity index (χ0n) is 14.3. The van der Waals surface area contributed by atoms with E-state index in [1.54, 1.807) is 18.2 Å². The first-order chi connectivity index (χ1) is 12.6. The van der Waals surface area contributed by atoms with Crippen molar-refractivity contribution < 1.29 is 23.7 Å². The van der Waals surface area contributed by atoms with Gasteiger partial charge in [0.25, 0.3) is 5.91 Å². The predicted octanol–water partition coefficient (Wildman–Crippen LogP) is 2.84. The van der Waals surface area contributed by atoms with Crippen LogP contribution in [0.4, 0.5) is 5.69 Å². The molecule has 0 bridgehead atoms. The molecule has 1 aliphatic heterocycles. The van der Waals surface area contributed by atoms with Crippen molar-refractivity contribution in [1.29, 1.82) is 0 Å². The Kier molecular flexibility index (Phi) is 5.87. The molecule has 0 saturated carbocycles. The van der Waals surface area contributed by atoms with E-state index in [0.717, 1.165) is 6.42 Å². The molecule has 2 aromatic heterocycles. The van der Waals surface area contributed by atoms with Crippen LogP contribution in [0.15, 0.2) is 24.4 Å². The summed E-state index contributed by atoms with van der Waals surface area (Å²) in [6.45, 7) is 1.08. The number of aromatic nitrogens is 2. The summed E-state index contributed by atoms with van der Waals surface area (Å²) in [4.78, 5) is 20.8. The van der Waals surface area contributed by atoms with Gasteiger partial charge in [-0.3, -0.25) is 4.79 Å². The van der Waals surface area contributed by atoms with Crippen LogP contribution < -0.4 is 14.8 Å². The van der Waals surface area contributed by atoms with E-state index in [2.05, 4.69) is 15.3 Å². The molecule has 1 aliphatic rings. The van der Waals surface area contributed by atoms with Gasteiger partial charge in [-0.15, -0.1) is 0 Å². The van der Waals surface area contributed by atoms with Crippen molar-refractivity contribution in [2.24, 2.45) is 0 Å². The number of hydrogen-bond acceptors (Lipinski definition) is 7. The molecule has 26 heavy (non-hydrogen) atoms. The van der Waals surface area contributed by atoms with Gasteiger partial charge in [-0.25, -0.2) is 4.98 Å². The van der Waals surface area contributed by atoms with Crippen LogP contribution in [0.3, 0.4) is 0 Å². The summed E-state index contributed by atoms with van der Waals surface area (Å²) in [5.41, 5.74) is 1.09. The quantitative estimate of drug-likeness (QED) is 0.798. The van der Waals surface area contributed by atoms with Crippen molar-refractivity contribution in [3.8, 4) is 11.8 Å². The minimum Gasteiger partial charge on any atom is -0.481 e. The summed E-state index contributed by atoms with van der Waals surface area (Å²) >= 11 is 6.01. The number of ether oxygens (including phenoxy) is 4. The predicted molar refractivity (Wildman–Crippen MR) is 93.8 cm³/mol. The number of anilines is 1. The number of pyridine rings is 2. The Labute approximate surface area is 155 Å². The second-order valence-electron chi connectivity index (χ2n) is 5.36. The van der Waals surface area contributed by atoms with E-state index in [1.165, 1.54) is 20.4 Å². The molecule has 0 radical (unpaired) electrons. The molecule has 1 fully saturated rings. The van der Waals surface area contributed by atoms with E-state index in [9.17, 15) is 4.79 Å². The maximum atomic E-state index is 12.7. The third kappa shape index (κ3) is 3.87. The second-order valence-corrected chi connectivity index (χ2v) is 5.72. The van der Waals surface area contributed by atoms with Crippen LogP contribution >= 0.6 is 11.6 Å². The highest BCUT2D eigenvalue weighted by Gasteiger charge is 2.26. The van der Waals surface area contributed by atoms with Crippen LogP contribution in [0.25, 0.3) is 0 Å². The number of carbonyl (C=O) groups is 1. The molecule has 3 rings (SSSR count). The fourth-order valence-electron chi connectivity index (χ4n) is 2.48. The SMILES string of the molecule is COc1cc(C2OCCCO2)c(NC(=O)c2cccnc2Cl)c(OC)n1. The van der Waals surface area contributed by atoms with Gasteiger partial charge in [-0.2, -0.15) is 4.98 Å². The zero-order chi connectivity index (χ0) is 18.5. The topological polar surface area (TPSA) is 91.8 Å². The minimum absolute atomic E-state index is 0.0946. The van der Waals surface area contributed by atoms with Crippen LogP contribution in [0.1, 0.15) is 28.6 Å². The number of amides is 1. The molecular weight excluding hydrogens is 362 g/mol. The lowest BCUT2D eigenvalue weighted by atomic mass is 10.1. The van der Waals surface area contributed by atoms with Gasteiger partial charge in [0.15, 0.2) is 6.29 Å². The largest absolute Gasteiger partial charge is 0.481 e. The molecule has 0 atom stereocenters. The molecule has 2 aromatic rings. The van der Waals surface area contributed by atoms with E-state index < -0.39 is 12.2 Å². The number of nitrogens with one attached hydrogen (secondary N) is 1. The summed E-state index contributed by atoms with van der Waals surface area (Å²) in [7, 11) is 2.93. The monoisotopic (exact) mass is 379 g/mol. The van der Waals surface area contributed by atoms with Gasteiger partial charge in [0.1, 0.15) is 10.8 Å². The first-order valence-electron chi connectivity index (χ1n) is 7.92. The van der Waals surface area contributed by atoms with E-state index in [0.29, 0.717) is 30.3 Å². The highest BCUT2D eigenvalue weighted by molar-refractivity contribution is 6.33. The third-order valence-corrected chi connectivity index (χ3v) is 4.02. The lowest BCUT2D eigenvalue weighted by Gasteiger charge is -2.26. The molecule has 8 nitrogen and oxygen atoms in total. The van der Waals surface area contributed by atoms with Crippen molar-refractivity contribution in [2.45, 2.75) is 12.7 Å². The Balaban J connectivity index is 2.00. The van der Waals surface area contributed by atoms with E-state index in [-0.39, 0.29) is 16.6 Å². The van der Waals surface area contributed by atoms with Gasteiger partial charge in [-0.1, -0.05) is 11.6 Å². The lowest BCUT2D eigenvalue weighted by molar-refractivity contribution is -0.182. The lowest BCUT2D eigenvalue weighted by Crippen LogP contribution is -2.22. The summed E-state index contributed by atoms with van der Waals surface area (Å²) in [5.74, 6) is 0.0305. The second kappa shape index (κ2) is 8.31. The first kappa shape index (κ1) is 18.4. The molecule has 1 N–H and O–H groups in total. The maximum absolute atomic E-state index is 12.7. The van der Waals surface area contributed by atoms with Crippen LogP contribution in [0.2, 0.25) is 5.15 Å². The van der Waals surface area contributed by atoms with Gasteiger partial charge < -0.3 is 24.3 Å². The molecule has 3 heterocycles. The van der Waals surface area contributed by atoms with E-state index in [4.69, 9.17) is 30.5 Å². The Bertz CT molecular complexity index is 796. The molecule has 0 unspecified atom stereocenters. The van der Waals surface area contributed by atoms with Gasteiger partial charge in [0, 0.05) is 17.8 Å². The van der Waals surface area contributed by atoms with Gasteiger partial charge >= 0.3 is 0 Å². The number of rotatable bonds is 5. The Morgan fingerprint density at radius 3 is 2.73 bits per heavy atom. The van der Waals surface area contributed by atoms with Gasteiger partial charge in [0.2, 0.25) is 11.8 Å². The maximum Gasteiger partial charge on any atom is 0.258 e. The van der Waals surface area contributed by atoms with Gasteiger partial charge in [0.05, 0.1) is 33.0 Å². The number of methoxy groups -OCH3 is 2. The fraction of sp³-hybridized carbons (Fsp3) is 0.353. The molecule has 1 saturated heterocycles. The van der Waals surface area contributed by atoms with E-state index in [1.807, 2.05) is 0 Å². The van der Waals surface area contributed by atoms with Crippen molar-refractivity contribution >= 4 is 23.2 Å². The first-order valence-corrected chi connectivity index (χ1v) is 8.29. The average Bonchev–Trinajstić information content (AvgIpc) is 2.69. The van der Waals surface area contributed by atoms with Crippen molar-refractivity contribution in [1.82, 2.24) is 9.97 Å². The highest BCUT2D eigenvalue weighted by Crippen LogP contribution is 2.37. The highest BCUT2D eigenvalue weighted by atomic mass is 35.5. The minimum atomic E-state index is -0.672. The average molecular weight is 380 g/mol.